The van der Waals surface area contributed by atoms with Crippen LogP contribution < -0.4 is 11.1 Å². The van der Waals surface area contributed by atoms with Crippen molar-refractivity contribution in [1.29, 1.82) is 0 Å². The van der Waals surface area contributed by atoms with Crippen molar-refractivity contribution < 1.29 is 5.21 Å². The van der Waals surface area contributed by atoms with Crippen LogP contribution in [0.1, 0.15) is 13.3 Å². The average Bonchev–Trinajstić information content (AvgIpc) is 2.04. The molecule has 0 aromatic rings. The summed E-state index contributed by atoms with van der Waals surface area (Å²) in [6.07, 6.45) is 0.998. The predicted molar refractivity (Wildman–Crippen MR) is 45.6 cm³/mol. The molecule has 0 aliphatic heterocycles. The standard InChI is InChI=1S/C7H19N3O/c1-2-10(11)7-6-9-5-3-4-8/h9,11H,2-8H2,1H3. The van der Waals surface area contributed by atoms with Crippen LogP contribution >= 0.6 is 0 Å². The van der Waals surface area contributed by atoms with E-state index in [9.17, 15) is 0 Å². The Labute approximate surface area is 68.3 Å². The lowest BCUT2D eigenvalue weighted by molar-refractivity contribution is -0.0845. The molecule has 0 aliphatic carbocycles. The van der Waals surface area contributed by atoms with Gasteiger partial charge in [0.15, 0.2) is 0 Å². The summed E-state index contributed by atoms with van der Waals surface area (Å²) < 4.78 is 0. The Kier molecular flexibility index (Phi) is 7.83. The van der Waals surface area contributed by atoms with E-state index in [1.807, 2.05) is 6.92 Å². The lowest BCUT2D eigenvalue weighted by Crippen LogP contribution is -2.30. The summed E-state index contributed by atoms with van der Waals surface area (Å²) in [4.78, 5) is 0. The Morgan fingerprint density at radius 3 is 2.73 bits per heavy atom. The molecule has 0 aliphatic rings. The Bertz CT molecular complexity index is 80.1. The molecule has 0 heterocycles. The van der Waals surface area contributed by atoms with Gasteiger partial charge in [-0.3, -0.25) is 0 Å². The minimum atomic E-state index is 0.679. The number of nitrogens with zero attached hydrogens (tertiary/aromatic N) is 1. The van der Waals surface area contributed by atoms with Crippen molar-refractivity contribution in [3.8, 4) is 0 Å². The van der Waals surface area contributed by atoms with Crippen LogP contribution in [0.2, 0.25) is 0 Å². The summed E-state index contributed by atoms with van der Waals surface area (Å²) in [5, 5.41) is 13.4. The minimum Gasteiger partial charge on any atom is -0.330 e. The van der Waals surface area contributed by atoms with Gasteiger partial charge in [-0.25, -0.2) is 0 Å². The van der Waals surface area contributed by atoms with Crippen LogP contribution in [0.5, 0.6) is 0 Å². The number of hydrogen-bond donors (Lipinski definition) is 3. The van der Waals surface area contributed by atoms with Crippen molar-refractivity contribution >= 4 is 0 Å². The number of nitrogens with one attached hydrogen (secondary N) is 1. The Hall–Kier alpha value is -0.160. The van der Waals surface area contributed by atoms with Crippen LogP contribution in [-0.2, 0) is 0 Å². The highest BCUT2D eigenvalue weighted by molar-refractivity contribution is 4.49. The summed E-state index contributed by atoms with van der Waals surface area (Å²) >= 11 is 0. The van der Waals surface area contributed by atoms with E-state index >= 15 is 0 Å². The van der Waals surface area contributed by atoms with Crippen LogP contribution in [0.4, 0.5) is 0 Å². The van der Waals surface area contributed by atoms with Crippen LogP contribution in [-0.4, -0.2) is 43.0 Å². The molecule has 11 heavy (non-hydrogen) atoms. The van der Waals surface area contributed by atoms with Gasteiger partial charge in [-0.1, -0.05) is 6.92 Å². The average molecular weight is 161 g/mol. The number of likely N-dealkylation sites (N-methyl/N-ethyl adjacent to an activating group) is 1. The van der Waals surface area contributed by atoms with Crippen molar-refractivity contribution in [1.82, 2.24) is 10.4 Å². The molecule has 0 aromatic heterocycles. The van der Waals surface area contributed by atoms with Crippen LogP contribution in [0.15, 0.2) is 0 Å². The molecule has 0 atom stereocenters. The molecule has 0 unspecified atom stereocenters. The van der Waals surface area contributed by atoms with E-state index < -0.39 is 0 Å². The molecular formula is C7H19N3O. The highest BCUT2D eigenvalue weighted by Gasteiger charge is 1.93. The molecule has 0 aromatic carbocycles. The van der Waals surface area contributed by atoms with Gasteiger partial charge in [0, 0.05) is 19.6 Å². The quantitative estimate of drug-likeness (QED) is 0.352. The van der Waals surface area contributed by atoms with E-state index in [0.717, 1.165) is 26.1 Å². The summed E-state index contributed by atoms with van der Waals surface area (Å²) in [6.45, 7) is 5.77. The molecule has 4 heteroatoms. The summed E-state index contributed by atoms with van der Waals surface area (Å²) in [6, 6.07) is 0. The second kappa shape index (κ2) is 7.94. The van der Waals surface area contributed by atoms with Gasteiger partial charge in [0.2, 0.25) is 0 Å². The first kappa shape index (κ1) is 10.8. The molecular weight excluding hydrogens is 142 g/mol. The maximum Gasteiger partial charge on any atom is 0.0363 e. The van der Waals surface area contributed by atoms with E-state index in [1.165, 1.54) is 5.06 Å². The molecule has 4 nitrogen and oxygen atoms in total. The van der Waals surface area contributed by atoms with Gasteiger partial charge in [0.25, 0.3) is 0 Å². The Balaban J connectivity index is 2.89. The fourth-order valence-electron chi connectivity index (χ4n) is 0.718. The monoisotopic (exact) mass is 161 g/mol. The molecule has 0 bridgehead atoms. The lowest BCUT2D eigenvalue weighted by Gasteiger charge is -2.11. The smallest absolute Gasteiger partial charge is 0.0363 e. The zero-order valence-electron chi connectivity index (χ0n) is 7.21. The highest BCUT2D eigenvalue weighted by Crippen LogP contribution is 1.77. The molecule has 0 saturated heterocycles. The largest absolute Gasteiger partial charge is 0.330 e. The lowest BCUT2D eigenvalue weighted by atomic mass is 10.4. The third-order valence-electron chi connectivity index (χ3n) is 1.47. The van der Waals surface area contributed by atoms with Crippen LogP contribution in [0.3, 0.4) is 0 Å². The van der Waals surface area contributed by atoms with Crippen molar-refractivity contribution in [2.24, 2.45) is 5.73 Å². The Morgan fingerprint density at radius 1 is 1.45 bits per heavy atom. The second-order valence-corrected chi connectivity index (χ2v) is 2.44. The summed E-state index contributed by atoms with van der Waals surface area (Å²) in [5.74, 6) is 0. The van der Waals surface area contributed by atoms with Crippen molar-refractivity contribution in [2.45, 2.75) is 13.3 Å². The van der Waals surface area contributed by atoms with Gasteiger partial charge in [-0.05, 0) is 19.5 Å². The fourth-order valence-corrected chi connectivity index (χ4v) is 0.718. The fraction of sp³-hybridized carbons (Fsp3) is 1.00. The molecule has 0 fully saturated rings. The number of hydroxylamine groups is 2. The topological polar surface area (TPSA) is 61.5 Å². The number of rotatable bonds is 7. The molecule has 0 saturated carbocycles. The first-order valence-electron chi connectivity index (χ1n) is 4.15. The molecule has 0 rings (SSSR count). The number of hydrogen-bond acceptors (Lipinski definition) is 4. The van der Waals surface area contributed by atoms with E-state index in [0.29, 0.717) is 13.1 Å². The van der Waals surface area contributed by atoms with Gasteiger partial charge in [-0.15, -0.1) is 0 Å². The second-order valence-electron chi connectivity index (χ2n) is 2.44. The van der Waals surface area contributed by atoms with Crippen molar-refractivity contribution in [3.63, 3.8) is 0 Å². The van der Waals surface area contributed by atoms with Gasteiger partial charge in [0.1, 0.15) is 0 Å². The normalized spacial score (nSPS) is 10.9. The van der Waals surface area contributed by atoms with Gasteiger partial charge in [-0.2, -0.15) is 5.06 Å². The summed E-state index contributed by atoms with van der Waals surface area (Å²) in [7, 11) is 0. The molecule has 0 radical (unpaired) electrons. The zero-order valence-corrected chi connectivity index (χ0v) is 7.21. The SMILES string of the molecule is CCN(O)CCNCCCN. The zero-order chi connectivity index (χ0) is 8.53. The highest BCUT2D eigenvalue weighted by atomic mass is 16.5. The molecule has 0 spiro atoms. The van der Waals surface area contributed by atoms with E-state index in [-0.39, 0.29) is 0 Å². The van der Waals surface area contributed by atoms with Crippen molar-refractivity contribution in [3.05, 3.63) is 0 Å². The maximum absolute atomic E-state index is 8.98. The first-order valence-corrected chi connectivity index (χ1v) is 4.15. The molecule has 4 N–H and O–H groups in total. The van der Waals surface area contributed by atoms with E-state index in [1.54, 1.807) is 0 Å². The Morgan fingerprint density at radius 2 is 2.18 bits per heavy atom. The van der Waals surface area contributed by atoms with Gasteiger partial charge in [0.05, 0.1) is 0 Å². The van der Waals surface area contributed by atoms with Gasteiger partial charge >= 0.3 is 0 Å². The molecule has 0 amide bonds. The third-order valence-corrected chi connectivity index (χ3v) is 1.47. The van der Waals surface area contributed by atoms with Crippen LogP contribution in [0, 0.1) is 0 Å². The number of nitrogens with two attached hydrogens (primary N) is 1. The summed E-state index contributed by atoms with van der Waals surface area (Å²) in [5.41, 5.74) is 5.30. The van der Waals surface area contributed by atoms with Crippen LogP contribution in [0.25, 0.3) is 0 Å². The maximum atomic E-state index is 8.98. The van der Waals surface area contributed by atoms with Crippen molar-refractivity contribution in [2.75, 3.05) is 32.7 Å². The molecule has 68 valence electrons. The first-order chi connectivity index (χ1) is 5.31. The van der Waals surface area contributed by atoms with E-state index in [2.05, 4.69) is 5.32 Å². The van der Waals surface area contributed by atoms with E-state index in [4.69, 9.17) is 10.9 Å². The van der Waals surface area contributed by atoms with Gasteiger partial charge < -0.3 is 16.3 Å². The minimum absolute atomic E-state index is 0.679. The predicted octanol–water partition coefficient (Wildman–Crippen LogP) is -0.364. The third kappa shape index (κ3) is 7.74.